The molecule has 3 N–H and O–H groups in total. The molecule has 2 nitrogen and oxygen atoms in total. The minimum Gasteiger partial charge on any atom is -0.376 e. The third-order valence-corrected chi connectivity index (χ3v) is 2.04. The van der Waals surface area contributed by atoms with Gasteiger partial charge >= 0.3 is 0 Å². The molecular formula is C10H14FNO. The van der Waals surface area contributed by atoms with Crippen LogP contribution >= 0.6 is 0 Å². The van der Waals surface area contributed by atoms with E-state index in [1.54, 1.807) is 12.1 Å². The number of nitrogens with two attached hydrogens (primary N) is 1. The van der Waals surface area contributed by atoms with Gasteiger partial charge in [-0.1, -0.05) is 19.1 Å². The van der Waals surface area contributed by atoms with Gasteiger partial charge in [0.2, 0.25) is 0 Å². The van der Waals surface area contributed by atoms with Crippen molar-refractivity contribution in [3.63, 3.8) is 0 Å². The molecule has 0 amide bonds. The Balaban J connectivity index is 2.69. The maximum absolute atomic E-state index is 12.5. The zero-order valence-corrected chi connectivity index (χ0v) is 7.63. The van der Waals surface area contributed by atoms with Gasteiger partial charge < -0.3 is 10.8 Å². The zero-order valence-electron chi connectivity index (χ0n) is 7.63. The molecule has 0 saturated carbocycles. The van der Waals surface area contributed by atoms with E-state index >= 15 is 0 Å². The molecule has 0 heterocycles. The number of hydrogen-bond donors (Lipinski definition) is 2. The summed E-state index contributed by atoms with van der Waals surface area (Å²) < 4.78 is 12.5. The van der Waals surface area contributed by atoms with E-state index in [-0.39, 0.29) is 5.82 Å². The van der Waals surface area contributed by atoms with Crippen LogP contribution in [0.25, 0.3) is 0 Å². The van der Waals surface area contributed by atoms with E-state index in [9.17, 15) is 9.50 Å². The van der Waals surface area contributed by atoms with Crippen molar-refractivity contribution in [1.29, 1.82) is 0 Å². The van der Waals surface area contributed by atoms with Gasteiger partial charge in [0, 0.05) is 6.42 Å². The Morgan fingerprint density at radius 2 is 1.92 bits per heavy atom. The Hall–Kier alpha value is -0.930. The normalized spacial score (nSPS) is 15.4. The van der Waals surface area contributed by atoms with Gasteiger partial charge in [-0.2, -0.15) is 0 Å². The lowest BCUT2D eigenvalue weighted by atomic mass is 10.0. The standard InChI is InChI=1S/C10H14FNO/c1-2-10(12,13)7-8-3-5-9(11)6-4-8/h3-6,13H,2,7,12H2,1H3. The Bertz CT molecular complexity index is 269. The van der Waals surface area contributed by atoms with Crippen LogP contribution in [-0.2, 0) is 6.42 Å². The highest BCUT2D eigenvalue weighted by Gasteiger charge is 2.18. The molecule has 0 aliphatic rings. The first-order chi connectivity index (χ1) is 6.03. The van der Waals surface area contributed by atoms with Crippen LogP contribution in [0, 0.1) is 5.82 Å². The van der Waals surface area contributed by atoms with E-state index in [0.717, 1.165) is 5.56 Å². The van der Waals surface area contributed by atoms with Crippen molar-refractivity contribution in [2.45, 2.75) is 25.5 Å². The molecule has 0 aliphatic heterocycles. The van der Waals surface area contributed by atoms with Gasteiger partial charge in [-0.05, 0) is 24.1 Å². The van der Waals surface area contributed by atoms with Gasteiger partial charge in [0.25, 0.3) is 0 Å². The Kier molecular flexibility index (Phi) is 3.01. The first-order valence-corrected chi connectivity index (χ1v) is 4.29. The Morgan fingerprint density at radius 1 is 1.38 bits per heavy atom. The zero-order chi connectivity index (χ0) is 9.90. The molecule has 0 aliphatic carbocycles. The number of hydrogen-bond acceptors (Lipinski definition) is 2. The lowest BCUT2D eigenvalue weighted by Gasteiger charge is -2.20. The molecule has 13 heavy (non-hydrogen) atoms. The fourth-order valence-electron chi connectivity index (χ4n) is 1.08. The molecule has 1 rings (SSSR count). The highest BCUT2D eigenvalue weighted by atomic mass is 19.1. The predicted molar refractivity (Wildman–Crippen MR) is 49.5 cm³/mol. The minimum absolute atomic E-state index is 0.277. The largest absolute Gasteiger partial charge is 0.376 e. The molecule has 0 fully saturated rings. The SMILES string of the molecule is CCC(N)(O)Cc1ccc(F)cc1. The average molecular weight is 183 g/mol. The average Bonchev–Trinajstić information content (AvgIpc) is 2.09. The molecule has 0 aromatic heterocycles. The lowest BCUT2D eigenvalue weighted by molar-refractivity contribution is 0.0433. The van der Waals surface area contributed by atoms with Crippen LogP contribution in [0.1, 0.15) is 18.9 Å². The first-order valence-electron chi connectivity index (χ1n) is 4.29. The maximum atomic E-state index is 12.5. The van der Waals surface area contributed by atoms with Crippen molar-refractivity contribution in [2.75, 3.05) is 0 Å². The first kappa shape index (κ1) is 10.2. The van der Waals surface area contributed by atoms with E-state index < -0.39 is 5.72 Å². The monoisotopic (exact) mass is 183 g/mol. The summed E-state index contributed by atoms with van der Waals surface area (Å²) in [5.74, 6) is -0.277. The molecule has 1 aromatic carbocycles. The molecule has 72 valence electrons. The minimum atomic E-state index is -1.18. The maximum Gasteiger partial charge on any atom is 0.123 e. The van der Waals surface area contributed by atoms with Gasteiger partial charge in [0.15, 0.2) is 0 Å². The summed E-state index contributed by atoms with van der Waals surface area (Å²) in [4.78, 5) is 0. The second kappa shape index (κ2) is 3.85. The fraction of sp³-hybridized carbons (Fsp3) is 0.400. The van der Waals surface area contributed by atoms with Crippen LogP contribution < -0.4 is 5.73 Å². The van der Waals surface area contributed by atoms with Crippen LogP contribution in [0.2, 0.25) is 0 Å². The van der Waals surface area contributed by atoms with E-state index in [1.807, 2.05) is 6.92 Å². The van der Waals surface area contributed by atoms with Crippen LogP contribution in [0.4, 0.5) is 4.39 Å². The van der Waals surface area contributed by atoms with Crippen LogP contribution in [0.15, 0.2) is 24.3 Å². The predicted octanol–water partition coefficient (Wildman–Crippen LogP) is 1.43. The topological polar surface area (TPSA) is 46.2 Å². The highest BCUT2D eigenvalue weighted by molar-refractivity contribution is 5.17. The second-order valence-corrected chi connectivity index (χ2v) is 3.26. The van der Waals surface area contributed by atoms with Crippen LogP contribution in [0.5, 0.6) is 0 Å². The van der Waals surface area contributed by atoms with Crippen molar-refractivity contribution in [3.05, 3.63) is 35.6 Å². The van der Waals surface area contributed by atoms with E-state index in [1.165, 1.54) is 12.1 Å². The van der Waals surface area contributed by atoms with Gasteiger partial charge in [0.1, 0.15) is 11.5 Å². The summed E-state index contributed by atoms with van der Waals surface area (Å²) >= 11 is 0. The molecule has 0 spiro atoms. The van der Waals surface area contributed by atoms with Crippen LogP contribution in [0.3, 0.4) is 0 Å². The summed E-state index contributed by atoms with van der Waals surface area (Å²) in [6.07, 6.45) is 0.828. The third kappa shape index (κ3) is 3.13. The van der Waals surface area contributed by atoms with Gasteiger partial charge in [0.05, 0.1) is 0 Å². The number of rotatable bonds is 3. The molecule has 0 saturated heterocycles. The summed E-state index contributed by atoms with van der Waals surface area (Å²) in [5, 5.41) is 9.53. The van der Waals surface area contributed by atoms with Gasteiger partial charge in [-0.3, -0.25) is 0 Å². The van der Waals surface area contributed by atoms with E-state index in [4.69, 9.17) is 5.73 Å². The Labute approximate surface area is 77.2 Å². The van der Waals surface area contributed by atoms with E-state index in [2.05, 4.69) is 0 Å². The van der Waals surface area contributed by atoms with E-state index in [0.29, 0.717) is 12.8 Å². The quantitative estimate of drug-likeness (QED) is 0.696. The van der Waals surface area contributed by atoms with Crippen molar-refractivity contribution in [2.24, 2.45) is 5.73 Å². The molecule has 1 atom stereocenters. The van der Waals surface area contributed by atoms with Gasteiger partial charge in [-0.25, -0.2) is 4.39 Å². The smallest absolute Gasteiger partial charge is 0.123 e. The highest BCUT2D eigenvalue weighted by Crippen LogP contribution is 2.12. The Morgan fingerprint density at radius 3 is 2.38 bits per heavy atom. The fourth-order valence-corrected chi connectivity index (χ4v) is 1.08. The molecular weight excluding hydrogens is 169 g/mol. The summed E-state index contributed by atoms with van der Waals surface area (Å²) in [7, 11) is 0. The van der Waals surface area contributed by atoms with Crippen molar-refractivity contribution < 1.29 is 9.50 Å². The molecule has 3 heteroatoms. The van der Waals surface area contributed by atoms with Crippen molar-refractivity contribution in [3.8, 4) is 0 Å². The molecule has 1 unspecified atom stereocenters. The molecule has 0 bridgehead atoms. The third-order valence-electron chi connectivity index (χ3n) is 2.04. The molecule has 0 radical (unpaired) electrons. The second-order valence-electron chi connectivity index (χ2n) is 3.26. The number of benzene rings is 1. The summed E-state index contributed by atoms with van der Waals surface area (Å²) in [5.41, 5.74) is 5.21. The molecule has 1 aromatic rings. The summed E-state index contributed by atoms with van der Waals surface area (Å²) in [6.45, 7) is 1.81. The number of halogens is 1. The van der Waals surface area contributed by atoms with Crippen molar-refractivity contribution in [1.82, 2.24) is 0 Å². The van der Waals surface area contributed by atoms with Crippen LogP contribution in [-0.4, -0.2) is 10.8 Å². The lowest BCUT2D eigenvalue weighted by Crippen LogP contribution is -2.40. The number of aliphatic hydroxyl groups is 1. The van der Waals surface area contributed by atoms with Gasteiger partial charge in [-0.15, -0.1) is 0 Å². The van der Waals surface area contributed by atoms with Crippen molar-refractivity contribution >= 4 is 0 Å². The summed E-state index contributed by atoms with van der Waals surface area (Å²) in [6, 6.07) is 5.98.